The van der Waals surface area contributed by atoms with Crippen LogP contribution in [0.4, 0.5) is 0 Å². The SMILES string of the molecule is C=CC(=NC)OCCCC(=N)N.C=CC(C)NCc1ccccc1. The van der Waals surface area contributed by atoms with Crippen molar-refractivity contribution in [1.82, 2.24) is 5.32 Å². The van der Waals surface area contributed by atoms with Crippen LogP contribution in [0.3, 0.4) is 0 Å². The predicted octanol–water partition coefficient (Wildman–Crippen LogP) is 3.28. The van der Waals surface area contributed by atoms with Gasteiger partial charge in [0.15, 0.2) is 0 Å². The van der Waals surface area contributed by atoms with Crippen molar-refractivity contribution >= 4 is 11.7 Å². The minimum Gasteiger partial charge on any atom is -0.478 e. The second-order valence-electron chi connectivity index (χ2n) is 5.13. The Morgan fingerprint density at radius 3 is 2.54 bits per heavy atom. The highest BCUT2D eigenvalue weighted by Gasteiger charge is 1.94. The molecule has 0 heterocycles. The van der Waals surface area contributed by atoms with Gasteiger partial charge in [-0.1, -0.05) is 43.0 Å². The van der Waals surface area contributed by atoms with E-state index in [1.165, 1.54) is 5.56 Å². The van der Waals surface area contributed by atoms with Crippen molar-refractivity contribution in [2.75, 3.05) is 13.7 Å². The standard InChI is InChI=1S/C11H15N.C8H15N3O/c1-3-10(2)12-9-11-7-5-4-6-8-11;1-3-8(11-2)12-6-4-5-7(9)10/h3-8,10,12H,1,9H2,2H3;3H,1,4-6H2,2H3,(H3,9,10). The Morgan fingerprint density at radius 2 is 2.04 bits per heavy atom. The molecule has 0 aliphatic rings. The van der Waals surface area contributed by atoms with E-state index in [0.717, 1.165) is 13.0 Å². The van der Waals surface area contributed by atoms with Crippen LogP contribution in [0, 0.1) is 5.41 Å². The van der Waals surface area contributed by atoms with Gasteiger partial charge in [-0.15, -0.1) is 6.58 Å². The van der Waals surface area contributed by atoms with Crippen molar-refractivity contribution in [1.29, 1.82) is 5.41 Å². The molecule has 5 nitrogen and oxygen atoms in total. The third-order valence-electron chi connectivity index (χ3n) is 3.06. The number of nitrogens with zero attached hydrogens (tertiary/aromatic N) is 1. The fourth-order valence-electron chi connectivity index (χ4n) is 1.61. The minimum absolute atomic E-state index is 0.187. The maximum atomic E-state index is 6.94. The molecule has 0 bridgehead atoms. The second kappa shape index (κ2) is 14.2. The largest absolute Gasteiger partial charge is 0.478 e. The smallest absolute Gasteiger partial charge is 0.207 e. The van der Waals surface area contributed by atoms with Crippen LogP contribution < -0.4 is 11.1 Å². The van der Waals surface area contributed by atoms with Crippen molar-refractivity contribution < 1.29 is 4.74 Å². The van der Waals surface area contributed by atoms with Crippen LogP contribution in [0.2, 0.25) is 0 Å². The van der Waals surface area contributed by atoms with Crippen molar-refractivity contribution in [2.45, 2.75) is 32.4 Å². The summed E-state index contributed by atoms with van der Waals surface area (Å²) in [7, 11) is 1.64. The predicted molar refractivity (Wildman–Crippen MR) is 104 cm³/mol. The van der Waals surface area contributed by atoms with Crippen LogP contribution >= 0.6 is 0 Å². The van der Waals surface area contributed by atoms with E-state index in [-0.39, 0.29) is 5.84 Å². The van der Waals surface area contributed by atoms with E-state index in [0.29, 0.717) is 25.0 Å². The first-order valence-electron chi connectivity index (χ1n) is 7.98. The van der Waals surface area contributed by atoms with Gasteiger partial charge in [0, 0.05) is 26.1 Å². The number of benzene rings is 1. The summed E-state index contributed by atoms with van der Waals surface area (Å²) >= 11 is 0. The third-order valence-corrected chi connectivity index (χ3v) is 3.06. The number of nitrogens with one attached hydrogen (secondary N) is 2. The zero-order valence-electron chi connectivity index (χ0n) is 14.8. The number of aliphatic imine (C=N–C) groups is 1. The Labute approximate surface area is 145 Å². The van der Waals surface area contributed by atoms with Crippen molar-refractivity contribution in [3.63, 3.8) is 0 Å². The molecule has 1 atom stereocenters. The quantitative estimate of drug-likeness (QED) is 0.281. The topological polar surface area (TPSA) is 83.5 Å². The molecule has 0 aliphatic heterocycles. The van der Waals surface area contributed by atoms with Gasteiger partial charge in [-0.05, 0) is 25.0 Å². The van der Waals surface area contributed by atoms with E-state index in [1.807, 2.05) is 12.1 Å². The Hall–Kier alpha value is -2.40. The van der Waals surface area contributed by atoms with Crippen LogP contribution in [0.25, 0.3) is 0 Å². The highest BCUT2D eigenvalue weighted by molar-refractivity contribution is 5.86. The molecular weight excluding hydrogens is 300 g/mol. The van der Waals surface area contributed by atoms with Gasteiger partial charge < -0.3 is 15.8 Å². The van der Waals surface area contributed by atoms with Gasteiger partial charge in [0.25, 0.3) is 0 Å². The fourth-order valence-corrected chi connectivity index (χ4v) is 1.61. The lowest BCUT2D eigenvalue weighted by molar-refractivity contribution is 0.303. The molecule has 4 N–H and O–H groups in total. The molecule has 0 radical (unpaired) electrons. The van der Waals surface area contributed by atoms with Crippen LogP contribution in [0.5, 0.6) is 0 Å². The van der Waals surface area contributed by atoms with Gasteiger partial charge in [0.2, 0.25) is 5.90 Å². The number of hydrogen-bond acceptors (Lipinski definition) is 4. The van der Waals surface area contributed by atoms with Crippen LogP contribution in [0.1, 0.15) is 25.3 Å². The molecular formula is C19H30N4O. The summed E-state index contributed by atoms with van der Waals surface area (Å²) in [5.74, 6) is 0.714. The lowest BCUT2D eigenvalue weighted by atomic mass is 10.2. The van der Waals surface area contributed by atoms with E-state index in [1.54, 1.807) is 13.1 Å². The summed E-state index contributed by atoms with van der Waals surface area (Å²) in [6.07, 6.45) is 4.76. The molecule has 0 amide bonds. The maximum absolute atomic E-state index is 6.94. The average molecular weight is 330 g/mol. The van der Waals surface area contributed by atoms with E-state index in [9.17, 15) is 0 Å². The third kappa shape index (κ3) is 12.2. The monoisotopic (exact) mass is 330 g/mol. The maximum Gasteiger partial charge on any atom is 0.207 e. The number of rotatable bonds is 9. The lowest BCUT2D eigenvalue weighted by Gasteiger charge is -2.08. The van der Waals surface area contributed by atoms with Crippen molar-refractivity contribution in [3.05, 3.63) is 61.2 Å². The summed E-state index contributed by atoms with van der Waals surface area (Å²) < 4.78 is 5.17. The molecule has 132 valence electrons. The van der Waals surface area contributed by atoms with Crippen molar-refractivity contribution in [2.24, 2.45) is 10.7 Å². The molecule has 1 aromatic rings. The second-order valence-corrected chi connectivity index (χ2v) is 5.13. The number of ether oxygens (including phenoxy) is 1. The molecule has 0 fully saturated rings. The van der Waals surface area contributed by atoms with E-state index in [2.05, 4.69) is 54.7 Å². The molecule has 1 rings (SSSR count). The van der Waals surface area contributed by atoms with Crippen LogP contribution in [-0.4, -0.2) is 31.4 Å². The molecule has 0 saturated heterocycles. The average Bonchev–Trinajstić information content (AvgIpc) is 2.61. The first kappa shape index (κ1) is 21.6. The number of hydrogen-bond donors (Lipinski definition) is 3. The molecule has 0 aromatic heterocycles. The van der Waals surface area contributed by atoms with Gasteiger partial charge in [0.05, 0.1) is 12.4 Å². The van der Waals surface area contributed by atoms with E-state index < -0.39 is 0 Å². The minimum atomic E-state index is 0.187. The Balaban J connectivity index is 0.000000441. The van der Waals surface area contributed by atoms with Gasteiger partial charge in [0.1, 0.15) is 0 Å². The van der Waals surface area contributed by atoms with Crippen molar-refractivity contribution in [3.8, 4) is 0 Å². The van der Waals surface area contributed by atoms with E-state index in [4.69, 9.17) is 15.9 Å². The molecule has 24 heavy (non-hydrogen) atoms. The first-order chi connectivity index (χ1) is 11.5. The summed E-state index contributed by atoms with van der Waals surface area (Å²) in [6, 6.07) is 10.7. The fraction of sp³-hybridized carbons (Fsp3) is 0.368. The molecule has 0 aliphatic carbocycles. The summed E-state index contributed by atoms with van der Waals surface area (Å²) in [5, 5.41) is 10.3. The summed E-state index contributed by atoms with van der Waals surface area (Å²) in [6.45, 7) is 10.8. The first-order valence-corrected chi connectivity index (χ1v) is 7.98. The number of nitrogens with two attached hydrogens (primary N) is 1. The van der Waals surface area contributed by atoms with E-state index >= 15 is 0 Å². The summed E-state index contributed by atoms with van der Waals surface area (Å²) in [5.41, 5.74) is 6.46. The highest BCUT2D eigenvalue weighted by atomic mass is 16.5. The van der Waals surface area contributed by atoms with Crippen LogP contribution in [0.15, 0.2) is 60.6 Å². The van der Waals surface area contributed by atoms with Gasteiger partial charge >= 0.3 is 0 Å². The molecule has 5 heteroatoms. The Morgan fingerprint density at radius 1 is 1.38 bits per heavy atom. The lowest BCUT2D eigenvalue weighted by Crippen LogP contribution is -2.22. The zero-order chi connectivity index (χ0) is 18.2. The van der Waals surface area contributed by atoms with Gasteiger partial charge in [-0.2, -0.15) is 0 Å². The summed E-state index contributed by atoms with van der Waals surface area (Å²) in [4.78, 5) is 3.81. The van der Waals surface area contributed by atoms with Crippen LogP contribution in [-0.2, 0) is 11.3 Å². The molecule has 0 saturated carbocycles. The Kier molecular flexibility index (Phi) is 12.8. The molecule has 1 aromatic carbocycles. The highest BCUT2D eigenvalue weighted by Crippen LogP contribution is 1.98. The zero-order valence-corrected chi connectivity index (χ0v) is 14.8. The van der Waals surface area contributed by atoms with Gasteiger partial charge in [-0.25, -0.2) is 0 Å². The Bertz CT molecular complexity index is 511. The molecule has 0 spiro atoms. The molecule has 1 unspecified atom stereocenters. The normalized spacial score (nSPS) is 11.7. The van der Waals surface area contributed by atoms with Gasteiger partial charge in [-0.3, -0.25) is 10.4 Å². The number of amidine groups is 1.